The van der Waals surface area contributed by atoms with E-state index >= 15 is 0 Å². The standard InChI is InChI=1S/C18H23NO5S/c1-4-23-11-13-12-7-5-6-8-15(12)24-16(13)17(20)19-14(9-10-25-3)18(21)22-2/h5-8,14H,4,9-11H2,1-3H3,(H,19,20)/t14-/m1/s1. The lowest BCUT2D eigenvalue weighted by Gasteiger charge is -2.15. The van der Waals surface area contributed by atoms with Crippen LogP contribution in [0.25, 0.3) is 11.0 Å². The number of furan rings is 1. The lowest BCUT2D eigenvalue weighted by atomic mass is 10.1. The maximum absolute atomic E-state index is 12.7. The van der Waals surface area contributed by atoms with Gasteiger partial charge in [0.25, 0.3) is 5.91 Å². The van der Waals surface area contributed by atoms with Crippen molar-refractivity contribution in [3.8, 4) is 0 Å². The number of benzene rings is 1. The third kappa shape index (κ3) is 4.76. The van der Waals surface area contributed by atoms with E-state index in [1.54, 1.807) is 17.8 Å². The lowest BCUT2D eigenvalue weighted by Crippen LogP contribution is -2.42. The zero-order chi connectivity index (χ0) is 18.2. The molecule has 1 heterocycles. The Labute approximate surface area is 151 Å². The van der Waals surface area contributed by atoms with Crippen LogP contribution < -0.4 is 5.32 Å². The van der Waals surface area contributed by atoms with E-state index in [0.717, 1.165) is 11.1 Å². The first-order chi connectivity index (χ1) is 12.1. The molecule has 1 atom stereocenters. The van der Waals surface area contributed by atoms with Gasteiger partial charge in [-0.25, -0.2) is 4.79 Å². The fourth-order valence-corrected chi connectivity index (χ4v) is 2.95. The smallest absolute Gasteiger partial charge is 0.328 e. The average Bonchev–Trinajstić information content (AvgIpc) is 3.01. The number of carbonyl (C=O) groups excluding carboxylic acids is 2. The highest BCUT2D eigenvalue weighted by atomic mass is 32.2. The number of fused-ring (bicyclic) bond motifs is 1. The molecule has 0 radical (unpaired) electrons. The molecule has 0 saturated carbocycles. The minimum absolute atomic E-state index is 0.174. The molecular weight excluding hydrogens is 342 g/mol. The van der Waals surface area contributed by atoms with Gasteiger partial charge in [0.2, 0.25) is 0 Å². The first-order valence-corrected chi connectivity index (χ1v) is 9.47. The Morgan fingerprint density at radius 1 is 1.32 bits per heavy atom. The van der Waals surface area contributed by atoms with E-state index in [2.05, 4.69) is 5.32 Å². The number of ether oxygens (including phenoxy) is 2. The third-order valence-electron chi connectivity index (χ3n) is 3.76. The molecule has 136 valence electrons. The van der Waals surface area contributed by atoms with Crippen LogP contribution in [0.15, 0.2) is 28.7 Å². The van der Waals surface area contributed by atoms with E-state index in [1.165, 1.54) is 7.11 Å². The van der Waals surface area contributed by atoms with Crippen LogP contribution in [0, 0.1) is 0 Å². The predicted molar refractivity (Wildman–Crippen MR) is 97.8 cm³/mol. The summed E-state index contributed by atoms with van der Waals surface area (Å²) in [5.74, 6) is -0.00797. The van der Waals surface area contributed by atoms with Gasteiger partial charge in [0.1, 0.15) is 11.6 Å². The van der Waals surface area contributed by atoms with Gasteiger partial charge in [-0.2, -0.15) is 11.8 Å². The van der Waals surface area contributed by atoms with Crippen molar-refractivity contribution >= 4 is 34.6 Å². The Morgan fingerprint density at radius 3 is 2.76 bits per heavy atom. The zero-order valence-corrected chi connectivity index (χ0v) is 15.5. The number of amides is 1. The molecule has 0 unspecified atom stereocenters. The molecule has 1 N–H and O–H groups in total. The van der Waals surface area contributed by atoms with Crippen LogP contribution in [0.2, 0.25) is 0 Å². The summed E-state index contributed by atoms with van der Waals surface area (Å²) < 4.78 is 16.0. The number of methoxy groups -OCH3 is 1. The summed E-state index contributed by atoms with van der Waals surface area (Å²) in [4.78, 5) is 24.6. The molecule has 0 aliphatic carbocycles. The number of hydrogen-bond donors (Lipinski definition) is 1. The molecule has 25 heavy (non-hydrogen) atoms. The van der Waals surface area contributed by atoms with Crippen LogP contribution in [0.1, 0.15) is 29.5 Å². The summed E-state index contributed by atoms with van der Waals surface area (Å²) in [6, 6.07) is 6.69. The van der Waals surface area contributed by atoms with Crippen molar-refractivity contribution in [3.05, 3.63) is 35.6 Å². The third-order valence-corrected chi connectivity index (χ3v) is 4.40. The summed E-state index contributed by atoms with van der Waals surface area (Å²) in [6.07, 6.45) is 2.43. The van der Waals surface area contributed by atoms with E-state index in [9.17, 15) is 9.59 Å². The molecule has 6 nitrogen and oxygen atoms in total. The molecule has 0 saturated heterocycles. The molecule has 2 aromatic rings. The molecule has 0 aliphatic rings. The Kier molecular flexibility index (Phi) is 7.33. The van der Waals surface area contributed by atoms with Crippen LogP contribution >= 0.6 is 11.8 Å². The number of nitrogens with one attached hydrogen (secondary N) is 1. The van der Waals surface area contributed by atoms with Crippen molar-refractivity contribution in [3.63, 3.8) is 0 Å². The molecule has 0 spiro atoms. The monoisotopic (exact) mass is 365 g/mol. The van der Waals surface area contributed by atoms with Gasteiger partial charge in [-0.3, -0.25) is 4.79 Å². The number of esters is 1. The van der Waals surface area contributed by atoms with E-state index in [1.807, 2.05) is 31.4 Å². The average molecular weight is 365 g/mol. The number of para-hydroxylation sites is 1. The van der Waals surface area contributed by atoms with Crippen molar-refractivity contribution < 1.29 is 23.5 Å². The maximum Gasteiger partial charge on any atom is 0.328 e. The number of hydrogen-bond acceptors (Lipinski definition) is 6. The SMILES string of the molecule is CCOCc1c(C(=O)N[C@H](CCSC)C(=O)OC)oc2ccccc12. The van der Waals surface area contributed by atoms with Gasteiger partial charge in [0.05, 0.1) is 13.7 Å². The second kappa shape index (κ2) is 9.48. The second-order valence-electron chi connectivity index (χ2n) is 5.37. The summed E-state index contributed by atoms with van der Waals surface area (Å²) in [6.45, 7) is 2.68. The molecule has 7 heteroatoms. The van der Waals surface area contributed by atoms with E-state index < -0.39 is 17.9 Å². The second-order valence-corrected chi connectivity index (χ2v) is 6.36. The minimum Gasteiger partial charge on any atom is -0.467 e. The highest BCUT2D eigenvalue weighted by Crippen LogP contribution is 2.26. The first-order valence-electron chi connectivity index (χ1n) is 8.08. The van der Waals surface area contributed by atoms with E-state index in [4.69, 9.17) is 13.9 Å². The minimum atomic E-state index is -0.710. The zero-order valence-electron chi connectivity index (χ0n) is 14.7. The highest BCUT2D eigenvalue weighted by Gasteiger charge is 2.26. The molecule has 1 aromatic heterocycles. The van der Waals surface area contributed by atoms with Crippen molar-refractivity contribution in [2.75, 3.05) is 25.7 Å². The van der Waals surface area contributed by atoms with Crippen LogP contribution in [0.3, 0.4) is 0 Å². The van der Waals surface area contributed by atoms with Gasteiger partial charge in [-0.05, 0) is 31.4 Å². The summed E-state index contributed by atoms with van der Waals surface area (Å²) in [7, 11) is 1.31. The maximum atomic E-state index is 12.7. The van der Waals surface area contributed by atoms with Crippen LogP contribution in [0.5, 0.6) is 0 Å². The number of carbonyl (C=O) groups is 2. The molecule has 1 amide bonds. The van der Waals surface area contributed by atoms with Gasteiger partial charge < -0.3 is 19.2 Å². The van der Waals surface area contributed by atoms with Gasteiger partial charge in [-0.15, -0.1) is 0 Å². The quantitative estimate of drug-likeness (QED) is 0.689. The highest BCUT2D eigenvalue weighted by molar-refractivity contribution is 7.98. The molecule has 0 aliphatic heterocycles. The summed E-state index contributed by atoms with van der Waals surface area (Å²) in [5.41, 5.74) is 1.30. The van der Waals surface area contributed by atoms with Gasteiger partial charge in [0.15, 0.2) is 5.76 Å². The number of rotatable bonds is 9. The predicted octanol–water partition coefficient (Wildman–Crippen LogP) is 2.99. The largest absolute Gasteiger partial charge is 0.467 e. The fraction of sp³-hybridized carbons (Fsp3) is 0.444. The molecular formula is C18H23NO5S. The van der Waals surface area contributed by atoms with Gasteiger partial charge >= 0.3 is 5.97 Å². The van der Waals surface area contributed by atoms with Crippen molar-refractivity contribution in [1.29, 1.82) is 0 Å². The van der Waals surface area contributed by atoms with Gasteiger partial charge in [0, 0.05) is 17.6 Å². The lowest BCUT2D eigenvalue weighted by molar-refractivity contribution is -0.142. The van der Waals surface area contributed by atoms with Gasteiger partial charge in [-0.1, -0.05) is 18.2 Å². The topological polar surface area (TPSA) is 77.8 Å². The van der Waals surface area contributed by atoms with Crippen LogP contribution in [0.4, 0.5) is 0 Å². The Bertz CT molecular complexity index is 727. The Morgan fingerprint density at radius 2 is 2.08 bits per heavy atom. The van der Waals surface area contributed by atoms with Crippen LogP contribution in [-0.4, -0.2) is 43.6 Å². The number of thioether (sulfide) groups is 1. The fourth-order valence-electron chi connectivity index (χ4n) is 2.48. The molecule has 2 rings (SSSR count). The normalized spacial score (nSPS) is 12.1. The van der Waals surface area contributed by atoms with Crippen LogP contribution in [-0.2, 0) is 20.9 Å². The Balaban J connectivity index is 2.28. The molecule has 0 fully saturated rings. The molecule has 0 bridgehead atoms. The summed E-state index contributed by atoms with van der Waals surface area (Å²) >= 11 is 1.60. The van der Waals surface area contributed by atoms with E-state index in [0.29, 0.717) is 24.2 Å². The van der Waals surface area contributed by atoms with Crippen molar-refractivity contribution in [2.45, 2.75) is 26.0 Å². The molecule has 1 aromatic carbocycles. The van der Waals surface area contributed by atoms with Crippen molar-refractivity contribution in [1.82, 2.24) is 5.32 Å². The summed E-state index contributed by atoms with van der Waals surface area (Å²) in [5, 5.41) is 3.55. The first kappa shape index (κ1) is 19.3. The van der Waals surface area contributed by atoms with Crippen molar-refractivity contribution in [2.24, 2.45) is 0 Å². The Hall–Kier alpha value is -1.99. The van der Waals surface area contributed by atoms with E-state index in [-0.39, 0.29) is 12.4 Å².